The maximum absolute atomic E-state index is 12.8. The van der Waals surface area contributed by atoms with Crippen LogP contribution in [-0.4, -0.2) is 45.7 Å². The number of amides is 1. The molecule has 1 aromatic carbocycles. The Morgan fingerprint density at radius 1 is 0.933 bits per heavy atom. The number of carbonyl (C=O) groups is 5. The van der Waals surface area contributed by atoms with Gasteiger partial charge in [0.15, 0.2) is 5.78 Å². The molecule has 0 saturated heterocycles. The van der Waals surface area contributed by atoms with Gasteiger partial charge in [0.1, 0.15) is 5.78 Å². The summed E-state index contributed by atoms with van der Waals surface area (Å²) in [6, 6.07) is 7.67. The van der Waals surface area contributed by atoms with Gasteiger partial charge in [-0.3, -0.25) is 19.2 Å². The maximum atomic E-state index is 12.8. The van der Waals surface area contributed by atoms with Gasteiger partial charge in [-0.05, 0) is 24.8 Å². The average Bonchev–Trinajstić information content (AvgIpc) is 2.64. The second kappa shape index (κ2) is 11.8. The van der Waals surface area contributed by atoms with Gasteiger partial charge in [-0.1, -0.05) is 44.2 Å². The SMILES string of the molecule is CC(=O)C[C@@H](Cc1ccccc1)C(=O)N[C@@H](CC(=O)O)C(=O)C[C@H](C(=O)O)C(C)C. The summed E-state index contributed by atoms with van der Waals surface area (Å²) in [5.74, 6) is -6.02. The number of carboxylic acid groups (broad SMARTS) is 2. The Morgan fingerprint density at radius 3 is 2.00 bits per heavy atom. The average molecular weight is 419 g/mol. The lowest BCUT2D eigenvalue weighted by Gasteiger charge is -2.23. The molecule has 3 N–H and O–H groups in total. The predicted molar refractivity (Wildman–Crippen MR) is 109 cm³/mol. The molecule has 0 spiro atoms. The first kappa shape index (κ1) is 25.0. The first-order chi connectivity index (χ1) is 14.0. The van der Waals surface area contributed by atoms with Crippen molar-refractivity contribution in [2.45, 2.75) is 52.5 Å². The van der Waals surface area contributed by atoms with Crippen molar-refractivity contribution in [2.75, 3.05) is 0 Å². The number of carbonyl (C=O) groups excluding carboxylic acids is 3. The molecule has 0 aliphatic rings. The third-order valence-corrected chi connectivity index (χ3v) is 4.86. The van der Waals surface area contributed by atoms with Gasteiger partial charge in [-0.25, -0.2) is 0 Å². The monoisotopic (exact) mass is 419 g/mol. The molecular weight excluding hydrogens is 390 g/mol. The molecule has 1 rings (SSSR count). The quantitative estimate of drug-likeness (QED) is 0.445. The number of ketones is 2. The fourth-order valence-corrected chi connectivity index (χ4v) is 3.18. The summed E-state index contributed by atoms with van der Waals surface area (Å²) in [5.41, 5.74) is 0.825. The van der Waals surface area contributed by atoms with Crippen LogP contribution in [0.15, 0.2) is 30.3 Å². The van der Waals surface area contributed by atoms with E-state index in [9.17, 15) is 29.1 Å². The van der Waals surface area contributed by atoms with Gasteiger partial charge in [0.25, 0.3) is 0 Å². The molecule has 0 aliphatic heterocycles. The highest BCUT2D eigenvalue weighted by Gasteiger charge is 2.32. The third-order valence-electron chi connectivity index (χ3n) is 4.86. The van der Waals surface area contributed by atoms with Gasteiger partial charge in [-0.2, -0.15) is 0 Å². The minimum atomic E-state index is -1.36. The van der Waals surface area contributed by atoms with Crippen LogP contribution in [0.2, 0.25) is 0 Å². The Morgan fingerprint density at radius 2 is 1.53 bits per heavy atom. The smallest absolute Gasteiger partial charge is 0.307 e. The number of aliphatic carboxylic acids is 2. The fraction of sp³-hybridized carbons (Fsp3) is 0.500. The molecule has 30 heavy (non-hydrogen) atoms. The van der Waals surface area contributed by atoms with Crippen LogP contribution in [0.5, 0.6) is 0 Å². The molecule has 0 unspecified atom stereocenters. The second-order valence-electron chi connectivity index (χ2n) is 7.81. The Balaban J connectivity index is 2.99. The normalized spacial score (nSPS) is 13.9. The Kier molecular flexibility index (Phi) is 9.88. The third kappa shape index (κ3) is 8.55. The van der Waals surface area contributed by atoms with Gasteiger partial charge in [-0.15, -0.1) is 0 Å². The van der Waals surface area contributed by atoms with Gasteiger partial charge >= 0.3 is 11.9 Å². The number of hydrogen-bond donors (Lipinski definition) is 3. The molecule has 3 atom stereocenters. The summed E-state index contributed by atoms with van der Waals surface area (Å²) in [4.78, 5) is 59.7. The molecule has 1 amide bonds. The summed E-state index contributed by atoms with van der Waals surface area (Å²) in [6.45, 7) is 4.66. The molecule has 0 aliphatic carbocycles. The number of rotatable bonds is 13. The molecule has 0 bridgehead atoms. The van der Waals surface area contributed by atoms with Gasteiger partial charge in [0, 0.05) is 18.8 Å². The highest BCUT2D eigenvalue weighted by atomic mass is 16.4. The molecule has 0 aromatic heterocycles. The van der Waals surface area contributed by atoms with Crippen molar-refractivity contribution in [3.05, 3.63) is 35.9 Å². The van der Waals surface area contributed by atoms with Crippen LogP contribution in [-0.2, 0) is 30.4 Å². The number of Topliss-reactive ketones (excluding diaryl/α,β-unsaturated/α-hetero) is 2. The number of nitrogens with one attached hydrogen (secondary N) is 1. The highest BCUT2D eigenvalue weighted by molar-refractivity contribution is 5.95. The van der Waals surface area contributed by atoms with E-state index >= 15 is 0 Å². The minimum Gasteiger partial charge on any atom is -0.481 e. The van der Waals surface area contributed by atoms with Crippen LogP contribution in [0.25, 0.3) is 0 Å². The molecule has 8 heteroatoms. The number of carboxylic acids is 2. The van der Waals surface area contributed by atoms with Gasteiger partial charge in [0.2, 0.25) is 5.91 Å². The lowest BCUT2D eigenvalue weighted by molar-refractivity contribution is -0.146. The van der Waals surface area contributed by atoms with Crippen LogP contribution in [0, 0.1) is 17.8 Å². The summed E-state index contributed by atoms with van der Waals surface area (Å²) >= 11 is 0. The van der Waals surface area contributed by atoms with E-state index in [1.165, 1.54) is 6.92 Å². The van der Waals surface area contributed by atoms with E-state index in [1.807, 2.05) is 6.07 Å². The fourth-order valence-electron chi connectivity index (χ4n) is 3.18. The Hall–Kier alpha value is -3.03. The first-order valence-corrected chi connectivity index (χ1v) is 9.82. The van der Waals surface area contributed by atoms with Crippen LogP contribution in [0.4, 0.5) is 0 Å². The van der Waals surface area contributed by atoms with Crippen molar-refractivity contribution in [2.24, 2.45) is 17.8 Å². The molecule has 0 radical (unpaired) electrons. The first-order valence-electron chi connectivity index (χ1n) is 9.82. The summed E-state index contributed by atoms with van der Waals surface area (Å²) in [7, 11) is 0. The van der Waals surface area contributed by atoms with E-state index in [0.717, 1.165) is 5.56 Å². The topological polar surface area (TPSA) is 138 Å². The van der Waals surface area contributed by atoms with E-state index in [-0.39, 0.29) is 31.0 Å². The molecule has 0 fully saturated rings. The Labute approximate surface area is 175 Å². The van der Waals surface area contributed by atoms with Crippen LogP contribution in [0.1, 0.15) is 45.6 Å². The van der Waals surface area contributed by atoms with E-state index in [1.54, 1.807) is 38.1 Å². The van der Waals surface area contributed by atoms with E-state index < -0.39 is 47.9 Å². The van der Waals surface area contributed by atoms with Crippen molar-refractivity contribution in [1.82, 2.24) is 5.32 Å². The summed E-state index contributed by atoms with van der Waals surface area (Å²) in [5, 5.41) is 20.9. The molecule has 8 nitrogen and oxygen atoms in total. The van der Waals surface area contributed by atoms with E-state index in [0.29, 0.717) is 0 Å². The maximum Gasteiger partial charge on any atom is 0.307 e. The molecular formula is C22H29NO7. The van der Waals surface area contributed by atoms with Crippen molar-refractivity contribution in [3.8, 4) is 0 Å². The molecule has 0 heterocycles. The standard InChI is InChI=1S/C22H29NO7/c1-13(2)17(22(29)30)11-19(25)18(12-20(26)27)23-21(28)16(9-14(3)24)10-15-7-5-4-6-8-15/h4-8,13,16-18H,9-12H2,1-3H3,(H,23,28)(H,26,27)(H,29,30)/t16-,17-,18-/m0/s1. The zero-order valence-corrected chi connectivity index (χ0v) is 17.5. The van der Waals surface area contributed by atoms with Crippen molar-refractivity contribution in [1.29, 1.82) is 0 Å². The van der Waals surface area contributed by atoms with Crippen molar-refractivity contribution < 1.29 is 34.2 Å². The summed E-state index contributed by atoms with van der Waals surface area (Å²) < 4.78 is 0. The van der Waals surface area contributed by atoms with Gasteiger partial charge < -0.3 is 20.3 Å². The molecule has 164 valence electrons. The molecule has 0 saturated carbocycles. The molecule has 1 aromatic rings. The van der Waals surface area contributed by atoms with Crippen molar-refractivity contribution in [3.63, 3.8) is 0 Å². The van der Waals surface area contributed by atoms with Crippen LogP contribution >= 0.6 is 0 Å². The van der Waals surface area contributed by atoms with E-state index in [2.05, 4.69) is 5.32 Å². The van der Waals surface area contributed by atoms with E-state index in [4.69, 9.17) is 5.11 Å². The lowest BCUT2D eigenvalue weighted by Crippen LogP contribution is -2.46. The highest BCUT2D eigenvalue weighted by Crippen LogP contribution is 2.19. The minimum absolute atomic E-state index is 0.0571. The Bertz CT molecular complexity index is 773. The zero-order valence-electron chi connectivity index (χ0n) is 17.5. The second-order valence-corrected chi connectivity index (χ2v) is 7.81. The number of benzene rings is 1. The van der Waals surface area contributed by atoms with Gasteiger partial charge in [0.05, 0.1) is 18.4 Å². The van der Waals surface area contributed by atoms with Crippen molar-refractivity contribution >= 4 is 29.4 Å². The number of hydrogen-bond acceptors (Lipinski definition) is 5. The lowest BCUT2D eigenvalue weighted by atomic mass is 9.88. The summed E-state index contributed by atoms with van der Waals surface area (Å²) in [6.07, 6.45) is -0.850. The largest absolute Gasteiger partial charge is 0.481 e. The van der Waals surface area contributed by atoms with Crippen LogP contribution < -0.4 is 5.32 Å². The van der Waals surface area contributed by atoms with Crippen LogP contribution in [0.3, 0.4) is 0 Å². The zero-order chi connectivity index (χ0) is 22.8. The predicted octanol–water partition coefficient (Wildman–Crippen LogP) is 2.10.